The fourth-order valence-corrected chi connectivity index (χ4v) is 5.67. The maximum Gasteiger partial charge on any atom is 0.237 e. The van der Waals surface area contributed by atoms with E-state index in [4.69, 9.17) is 19.7 Å². The van der Waals surface area contributed by atoms with Crippen LogP contribution in [-0.2, 0) is 9.48 Å². The van der Waals surface area contributed by atoms with Gasteiger partial charge in [0.15, 0.2) is 0 Å². The molecule has 2 aliphatic heterocycles. The van der Waals surface area contributed by atoms with E-state index in [1.807, 2.05) is 36.9 Å². The Morgan fingerprint density at radius 2 is 2.07 bits per heavy atom. The molecule has 4 heterocycles. The molecule has 152 valence electrons. The molecule has 2 aliphatic rings. The molecule has 2 fully saturated rings. The highest BCUT2D eigenvalue weighted by molar-refractivity contribution is 8.00. The van der Waals surface area contributed by atoms with Crippen LogP contribution in [-0.4, -0.2) is 51.1 Å². The highest BCUT2D eigenvalue weighted by atomic mass is 32.2. The first kappa shape index (κ1) is 18.9. The van der Waals surface area contributed by atoms with Crippen molar-refractivity contribution in [2.24, 2.45) is 0 Å². The Labute approximate surface area is 175 Å². The quantitative estimate of drug-likeness (QED) is 0.649. The normalized spacial score (nSPS) is 25.1. The molecule has 0 aliphatic carbocycles. The van der Waals surface area contributed by atoms with Crippen LogP contribution in [0.15, 0.2) is 30.3 Å². The summed E-state index contributed by atoms with van der Waals surface area (Å²) < 4.78 is 7.79. The standard InChI is InChI=1S/C22H27N5OS/c1-15-14-28-11-10-26(15)20-13-19(22(3)9-6-12-29-22)24-21(25-20)27-16(2)23-17-7-4-5-8-18(17)27/h4-5,7-8,13,15H,6,9-12,14H2,1-3H3. The number of aromatic nitrogens is 4. The number of imidazole rings is 1. The van der Waals surface area contributed by atoms with Gasteiger partial charge >= 0.3 is 0 Å². The van der Waals surface area contributed by atoms with Gasteiger partial charge in [0.1, 0.15) is 11.6 Å². The number of hydrogen-bond donors (Lipinski definition) is 0. The Bertz CT molecular complexity index is 1040. The van der Waals surface area contributed by atoms with E-state index in [1.165, 1.54) is 12.2 Å². The van der Waals surface area contributed by atoms with Crippen LogP contribution < -0.4 is 4.90 Å². The molecular formula is C22H27N5OS. The molecule has 29 heavy (non-hydrogen) atoms. The van der Waals surface area contributed by atoms with Crippen LogP contribution in [0.1, 0.15) is 38.2 Å². The van der Waals surface area contributed by atoms with Crippen LogP contribution in [0.5, 0.6) is 0 Å². The highest BCUT2D eigenvalue weighted by Crippen LogP contribution is 2.46. The van der Waals surface area contributed by atoms with Gasteiger partial charge < -0.3 is 9.64 Å². The van der Waals surface area contributed by atoms with E-state index in [9.17, 15) is 0 Å². The van der Waals surface area contributed by atoms with Crippen molar-refractivity contribution in [3.63, 3.8) is 0 Å². The summed E-state index contributed by atoms with van der Waals surface area (Å²) in [6, 6.07) is 10.7. The number of aryl methyl sites for hydroxylation is 1. The summed E-state index contributed by atoms with van der Waals surface area (Å²) in [6.07, 6.45) is 2.38. The van der Waals surface area contributed by atoms with Crippen molar-refractivity contribution in [1.82, 2.24) is 19.5 Å². The average molecular weight is 410 g/mol. The van der Waals surface area contributed by atoms with Gasteiger partial charge in [0, 0.05) is 12.6 Å². The van der Waals surface area contributed by atoms with Gasteiger partial charge in [-0.25, -0.2) is 9.97 Å². The van der Waals surface area contributed by atoms with Crippen LogP contribution >= 0.6 is 11.8 Å². The molecule has 0 radical (unpaired) electrons. The summed E-state index contributed by atoms with van der Waals surface area (Å²) >= 11 is 2.01. The van der Waals surface area contributed by atoms with Gasteiger partial charge in [-0.3, -0.25) is 4.57 Å². The molecule has 2 unspecified atom stereocenters. The minimum absolute atomic E-state index is 0.0340. The summed E-state index contributed by atoms with van der Waals surface area (Å²) in [4.78, 5) is 17.2. The van der Waals surface area contributed by atoms with Crippen molar-refractivity contribution in [3.8, 4) is 5.95 Å². The Balaban J connectivity index is 1.70. The molecule has 2 atom stereocenters. The van der Waals surface area contributed by atoms with E-state index < -0.39 is 0 Å². The number of benzene rings is 1. The number of fused-ring (bicyclic) bond motifs is 1. The number of ether oxygens (including phenoxy) is 1. The van der Waals surface area contributed by atoms with Crippen molar-refractivity contribution in [2.45, 2.75) is 44.4 Å². The molecule has 0 N–H and O–H groups in total. The molecule has 3 aromatic rings. The third-order valence-electron chi connectivity index (χ3n) is 6.05. The zero-order chi connectivity index (χ0) is 20.0. The summed E-state index contributed by atoms with van der Waals surface area (Å²) in [5.41, 5.74) is 3.14. The third-order valence-corrected chi connectivity index (χ3v) is 7.60. The largest absolute Gasteiger partial charge is 0.377 e. The topological polar surface area (TPSA) is 56.1 Å². The van der Waals surface area contributed by atoms with Gasteiger partial charge in [0.05, 0.1) is 40.7 Å². The zero-order valence-electron chi connectivity index (χ0n) is 17.3. The molecule has 0 amide bonds. The average Bonchev–Trinajstić information content (AvgIpc) is 3.31. The molecule has 2 saturated heterocycles. The second-order valence-corrected chi connectivity index (χ2v) is 9.79. The highest BCUT2D eigenvalue weighted by Gasteiger charge is 2.35. The Hall–Kier alpha value is -2.12. The summed E-state index contributed by atoms with van der Waals surface area (Å²) in [5, 5.41) is 0. The van der Waals surface area contributed by atoms with Crippen molar-refractivity contribution in [1.29, 1.82) is 0 Å². The minimum Gasteiger partial charge on any atom is -0.377 e. The predicted molar refractivity (Wildman–Crippen MR) is 118 cm³/mol. The second kappa shape index (κ2) is 7.29. The maximum absolute atomic E-state index is 5.66. The Morgan fingerprint density at radius 1 is 1.21 bits per heavy atom. The van der Waals surface area contributed by atoms with Crippen molar-refractivity contribution < 1.29 is 4.74 Å². The molecular weight excluding hydrogens is 382 g/mol. The van der Waals surface area contributed by atoms with E-state index in [2.05, 4.69) is 35.4 Å². The number of para-hydroxylation sites is 2. The number of nitrogens with zero attached hydrogens (tertiary/aromatic N) is 5. The molecule has 6 nitrogen and oxygen atoms in total. The number of hydrogen-bond acceptors (Lipinski definition) is 6. The molecule has 2 aromatic heterocycles. The number of rotatable bonds is 3. The van der Waals surface area contributed by atoms with Gasteiger partial charge in [0.2, 0.25) is 5.95 Å². The van der Waals surface area contributed by atoms with Gasteiger partial charge in [-0.15, -0.1) is 11.8 Å². The Morgan fingerprint density at radius 3 is 2.86 bits per heavy atom. The van der Waals surface area contributed by atoms with Gasteiger partial charge in [-0.2, -0.15) is 4.98 Å². The van der Waals surface area contributed by atoms with Crippen LogP contribution in [0.4, 0.5) is 5.82 Å². The molecule has 0 spiro atoms. The van der Waals surface area contributed by atoms with E-state index in [-0.39, 0.29) is 4.75 Å². The van der Waals surface area contributed by atoms with Crippen LogP contribution in [0.3, 0.4) is 0 Å². The lowest BCUT2D eigenvalue weighted by Crippen LogP contribution is -2.44. The summed E-state index contributed by atoms with van der Waals surface area (Å²) in [7, 11) is 0. The maximum atomic E-state index is 5.66. The van der Waals surface area contributed by atoms with Gasteiger partial charge in [-0.1, -0.05) is 12.1 Å². The minimum atomic E-state index is 0.0340. The summed E-state index contributed by atoms with van der Waals surface area (Å²) in [6.45, 7) is 8.86. The lowest BCUT2D eigenvalue weighted by Gasteiger charge is -2.35. The molecule has 7 heteroatoms. The lowest BCUT2D eigenvalue weighted by molar-refractivity contribution is 0.0985. The number of thioether (sulfide) groups is 1. The molecule has 5 rings (SSSR count). The SMILES string of the molecule is Cc1nc2ccccc2n1-c1nc(N2CCOCC2C)cc(C2(C)CCCS2)n1. The summed E-state index contributed by atoms with van der Waals surface area (Å²) in [5.74, 6) is 3.81. The molecule has 1 aromatic carbocycles. The third kappa shape index (κ3) is 3.30. The van der Waals surface area contributed by atoms with E-state index in [0.717, 1.165) is 60.5 Å². The predicted octanol–water partition coefficient (Wildman–Crippen LogP) is 4.09. The fourth-order valence-electron chi connectivity index (χ4n) is 4.39. The van der Waals surface area contributed by atoms with Crippen LogP contribution in [0.2, 0.25) is 0 Å². The molecule has 0 saturated carbocycles. The zero-order valence-corrected chi connectivity index (χ0v) is 18.1. The van der Waals surface area contributed by atoms with E-state index in [0.29, 0.717) is 6.04 Å². The van der Waals surface area contributed by atoms with E-state index >= 15 is 0 Å². The van der Waals surface area contributed by atoms with Gasteiger partial charge in [0.25, 0.3) is 0 Å². The second-order valence-electron chi connectivity index (χ2n) is 8.19. The van der Waals surface area contributed by atoms with Crippen molar-refractivity contribution in [3.05, 3.63) is 41.9 Å². The van der Waals surface area contributed by atoms with Crippen LogP contribution in [0, 0.1) is 6.92 Å². The first-order valence-electron chi connectivity index (χ1n) is 10.4. The first-order chi connectivity index (χ1) is 14.0. The monoisotopic (exact) mass is 409 g/mol. The molecule has 0 bridgehead atoms. The van der Waals surface area contributed by atoms with Gasteiger partial charge in [-0.05, 0) is 51.5 Å². The first-order valence-corrected chi connectivity index (χ1v) is 11.4. The van der Waals surface area contributed by atoms with Crippen molar-refractivity contribution in [2.75, 3.05) is 30.4 Å². The smallest absolute Gasteiger partial charge is 0.237 e. The fraction of sp³-hybridized carbons (Fsp3) is 0.500. The number of anilines is 1. The number of morpholine rings is 1. The Kier molecular flexibility index (Phi) is 4.75. The van der Waals surface area contributed by atoms with E-state index in [1.54, 1.807) is 0 Å². The van der Waals surface area contributed by atoms with Crippen LogP contribution in [0.25, 0.3) is 17.0 Å². The lowest BCUT2D eigenvalue weighted by atomic mass is 10.0. The van der Waals surface area contributed by atoms with Crippen molar-refractivity contribution >= 4 is 28.6 Å².